The van der Waals surface area contributed by atoms with Crippen molar-refractivity contribution in [3.8, 4) is 0 Å². The van der Waals surface area contributed by atoms with Crippen LogP contribution < -0.4 is 5.32 Å². The number of piperidine rings is 2. The lowest BCUT2D eigenvalue weighted by Crippen LogP contribution is -2.45. The molecule has 2 amide bonds. The predicted molar refractivity (Wildman–Crippen MR) is 114 cm³/mol. The number of hydrogen-bond acceptors (Lipinski definition) is 3. The van der Waals surface area contributed by atoms with Crippen LogP contribution in [0.25, 0.3) is 0 Å². The third-order valence-corrected chi connectivity index (χ3v) is 6.89. The van der Waals surface area contributed by atoms with Gasteiger partial charge in [0, 0.05) is 38.0 Å². The molecule has 2 saturated heterocycles. The number of nitrogens with one attached hydrogen (secondary N) is 1. The molecule has 0 radical (unpaired) electrons. The van der Waals surface area contributed by atoms with Gasteiger partial charge in [0.25, 0.3) is 0 Å². The number of likely N-dealkylation sites (tertiary alicyclic amines) is 1. The summed E-state index contributed by atoms with van der Waals surface area (Å²) < 4.78 is 0. The molecule has 1 aromatic carbocycles. The SMILES string of the molecule is O=C(CCC1CCNCC1)N1CCC(C(=O)N(Cc2ccccc2)C2CC2)CC1. The predicted octanol–water partition coefficient (Wildman–Crippen LogP) is 3.20. The molecule has 29 heavy (non-hydrogen) atoms. The highest BCUT2D eigenvalue weighted by Gasteiger charge is 2.37. The number of nitrogens with zero attached hydrogens (tertiary/aromatic N) is 2. The minimum atomic E-state index is 0.0766. The monoisotopic (exact) mass is 397 g/mol. The fourth-order valence-electron chi connectivity index (χ4n) is 4.82. The zero-order valence-corrected chi connectivity index (χ0v) is 17.5. The van der Waals surface area contributed by atoms with Crippen molar-refractivity contribution in [3.63, 3.8) is 0 Å². The lowest BCUT2D eigenvalue weighted by Gasteiger charge is -2.35. The maximum absolute atomic E-state index is 13.2. The summed E-state index contributed by atoms with van der Waals surface area (Å²) >= 11 is 0. The molecule has 0 atom stereocenters. The molecule has 1 aromatic rings. The Labute approximate surface area is 174 Å². The zero-order chi connectivity index (χ0) is 20.1. The van der Waals surface area contributed by atoms with Crippen LogP contribution in [-0.2, 0) is 16.1 Å². The van der Waals surface area contributed by atoms with Gasteiger partial charge in [-0.3, -0.25) is 9.59 Å². The summed E-state index contributed by atoms with van der Waals surface area (Å²) in [5.74, 6) is 1.37. The quantitative estimate of drug-likeness (QED) is 0.769. The Morgan fingerprint density at radius 3 is 2.31 bits per heavy atom. The van der Waals surface area contributed by atoms with E-state index >= 15 is 0 Å². The third-order valence-electron chi connectivity index (χ3n) is 6.89. The van der Waals surface area contributed by atoms with Gasteiger partial charge in [-0.1, -0.05) is 30.3 Å². The minimum Gasteiger partial charge on any atom is -0.343 e. The van der Waals surface area contributed by atoms with E-state index in [1.54, 1.807) is 0 Å². The van der Waals surface area contributed by atoms with Crippen molar-refractivity contribution in [2.45, 2.75) is 64.0 Å². The average Bonchev–Trinajstić information content (AvgIpc) is 3.62. The van der Waals surface area contributed by atoms with Crippen molar-refractivity contribution < 1.29 is 9.59 Å². The molecule has 2 heterocycles. The molecule has 0 bridgehead atoms. The molecule has 0 unspecified atom stereocenters. The van der Waals surface area contributed by atoms with E-state index in [4.69, 9.17) is 0 Å². The Balaban J connectivity index is 1.24. The number of hydrogen-bond donors (Lipinski definition) is 1. The summed E-state index contributed by atoms with van der Waals surface area (Å²) in [6.45, 7) is 4.38. The molecule has 2 aliphatic heterocycles. The van der Waals surface area contributed by atoms with Crippen LogP contribution >= 0.6 is 0 Å². The fraction of sp³-hybridized carbons (Fsp3) is 0.667. The van der Waals surface area contributed by atoms with Gasteiger partial charge in [0.15, 0.2) is 0 Å². The minimum absolute atomic E-state index is 0.0766. The molecule has 0 aromatic heterocycles. The summed E-state index contributed by atoms with van der Waals surface area (Å²) in [5, 5.41) is 3.39. The molecule has 3 aliphatic rings. The summed E-state index contributed by atoms with van der Waals surface area (Å²) in [6.07, 6.45) is 7.98. The molecule has 3 fully saturated rings. The number of carbonyl (C=O) groups excluding carboxylic acids is 2. The number of carbonyl (C=O) groups is 2. The van der Waals surface area contributed by atoms with E-state index in [0.29, 0.717) is 24.3 Å². The Morgan fingerprint density at radius 1 is 0.966 bits per heavy atom. The largest absolute Gasteiger partial charge is 0.343 e. The Bertz CT molecular complexity index is 675. The second kappa shape index (κ2) is 9.75. The zero-order valence-electron chi connectivity index (χ0n) is 17.5. The Morgan fingerprint density at radius 2 is 1.66 bits per heavy atom. The van der Waals surface area contributed by atoms with Crippen LogP contribution in [0.15, 0.2) is 30.3 Å². The van der Waals surface area contributed by atoms with Crippen LogP contribution in [-0.4, -0.2) is 53.8 Å². The lowest BCUT2D eigenvalue weighted by atomic mass is 9.92. The number of amides is 2. The summed E-state index contributed by atoms with van der Waals surface area (Å²) in [5.41, 5.74) is 1.21. The molecular formula is C24H35N3O2. The topological polar surface area (TPSA) is 52.7 Å². The van der Waals surface area contributed by atoms with E-state index in [-0.39, 0.29) is 11.8 Å². The molecule has 158 valence electrons. The highest BCUT2D eigenvalue weighted by molar-refractivity contribution is 5.80. The Hall–Kier alpha value is -1.88. The first-order valence-corrected chi connectivity index (χ1v) is 11.5. The van der Waals surface area contributed by atoms with Gasteiger partial charge in [0.1, 0.15) is 0 Å². The number of rotatable bonds is 7. The second-order valence-electron chi connectivity index (χ2n) is 9.07. The number of benzene rings is 1. The van der Waals surface area contributed by atoms with Crippen LogP contribution in [0.1, 0.15) is 56.9 Å². The summed E-state index contributed by atoms with van der Waals surface area (Å²) in [7, 11) is 0. The van der Waals surface area contributed by atoms with Crippen molar-refractivity contribution >= 4 is 11.8 Å². The van der Waals surface area contributed by atoms with Gasteiger partial charge in [-0.2, -0.15) is 0 Å². The van der Waals surface area contributed by atoms with Crippen molar-refractivity contribution in [1.82, 2.24) is 15.1 Å². The Kier molecular flexibility index (Phi) is 6.86. The normalized spacial score (nSPS) is 21.2. The van der Waals surface area contributed by atoms with Gasteiger partial charge in [0.2, 0.25) is 11.8 Å². The van der Waals surface area contributed by atoms with Gasteiger partial charge in [-0.15, -0.1) is 0 Å². The average molecular weight is 398 g/mol. The van der Waals surface area contributed by atoms with Crippen LogP contribution in [0.2, 0.25) is 0 Å². The van der Waals surface area contributed by atoms with Gasteiger partial charge in [-0.25, -0.2) is 0 Å². The van der Waals surface area contributed by atoms with Gasteiger partial charge < -0.3 is 15.1 Å². The van der Waals surface area contributed by atoms with Gasteiger partial charge >= 0.3 is 0 Å². The van der Waals surface area contributed by atoms with E-state index in [1.807, 2.05) is 23.1 Å². The third kappa shape index (κ3) is 5.59. The highest BCUT2D eigenvalue weighted by Crippen LogP contribution is 2.32. The molecule has 5 heteroatoms. The smallest absolute Gasteiger partial charge is 0.226 e. The summed E-state index contributed by atoms with van der Waals surface area (Å²) in [4.78, 5) is 29.9. The van der Waals surface area contributed by atoms with E-state index in [9.17, 15) is 9.59 Å². The van der Waals surface area contributed by atoms with Crippen molar-refractivity contribution in [2.75, 3.05) is 26.2 Å². The fourth-order valence-corrected chi connectivity index (χ4v) is 4.82. The molecule has 0 spiro atoms. The summed E-state index contributed by atoms with van der Waals surface area (Å²) in [6, 6.07) is 10.7. The maximum atomic E-state index is 13.2. The van der Waals surface area contributed by atoms with Crippen LogP contribution in [0, 0.1) is 11.8 Å². The standard InChI is InChI=1S/C24H35N3O2/c28-23(9-6-19-10-14-25-15-11-19)26-16-12-21(13-17-26)24(29)27(22-7-8-22)18-20-4-2-1-3-5-20/h1-5,19,21-22,25H,6-18H2. The molecular weight excluding hydrogens is 362 g/mol. The van der Waals surface area contributed by atoms with E-state index in [1.165, 1.54) is 18.4 Å². The highest BCUT2D eigenvalue weighted by atomic mass is 16.2. The molecule has 1 N–H and O–H groups in total. The molecule has 4 rings (SSSR count). The van der Waals surface area contributed by atoms with Gasteiger partial charge in [-0.05, 0) is 69.5 Å². The lowest BCUT2D eigenvalue weighted by molar-refractivity contribution is -0.141. The van der Waals surface area contributed by atoms with Gasteiger partial charge in [0.05, 0.1) is 0 Å². The van der Waals surface area contributed by atoms with Crippen molar-refractivity contribution in [3.05, 3.63) is 35.9 Å². The first-order chi connectivity index (χ1) is 14.2. The maximum Gasteiger partial charge on any atom is 0.226 e. The molecule has 1 saturated carbocycles. The first-order valence-electron chi connectivity index (χ1n) is 11.5. The van der Waals surface area contributed by atoms with Crippen LogP contribution in [0.3, 0.4) is 0 Å². The van der Waals surface area contributed by atoms with E-state index in [2.05, 4.69) is 22.3 Å². The first kappa shape index (κ1) is 20.4. The van der Waals surface area contributed by atoms with Crippen LogP contribution in [0.4, 0.5) is 0 Å². The van der Waals surface area contributed by atoms with Crippen molar-refractivity contribution in [2.24, 2.45) is 11.8 Å². The van der Waals surface area contributed by atoms with E-state index in [0.717, 1.165) is 64.8 Å². The molecule has 5 nitrogen and oxygen atoms in total. The molecule has 1 aliphatic carbocycles. The van der Waals surface area contributed by atoms with Crippen LogP contribution in [0.5, 0.6) is 0 Å². The second-order valence-corrected chi connectivity index (χ2v) is 9.07. The van der Waals surface area contributed by atoms with E-state index < -0.39 is 0 Å². The van der Waals surface area contributed by atoms with Crippen molar-refractivity contribution in [1.29, 1.82) is 0 Å².